The van der Waals surface area contributed by atoms with Crippen molar-refractivity contribution in [3.05, 3.63) is 57.8 Å². The summed E-state index contributed by atoms with van der Waals surface area (Å²) in [5, 5.41) is 4.76. The number of hydrogen-bond donors (Lipinski definition) is 1. The van der Waals surface area contributed by atoms with Crippen molar-refractivity contribution in [1.29, 1.82) is 0 Å². The van der Waals surface area contributed by atoms with Crippen molar-refractivity contribution < 1.29 is 13.6 Å². The Hall–Kier alpha value is -1.79. The van der Waals surface area contributed by atoms with E-state index in [1.165, 1.54) is 10.9 Å². The van der Waals surface area contributed by atoms with Crippen molar-refractivity contribution in [3.63, 3.8) is 0 Å². The zero-order valence-corrected chi connectivity index (χ0v) is 14.1. The van der Waals surface area contributed by atoms with Gasteiger partial charge in [-0.25, -0.2) is 8.78 Å². The van der Waals surface area contributed by atoms with Crippen molar-refractivity contribution in [2.24, 2.45) is 5.92 Å². The minimum Gasteiger partial charge on any atom is -0.352 e. The van der Waals surface area contributed by atoms with Gasteiger partial charge in [-0.1, -0.05) is 12.1 Å². The van der Waals surface area contributed by atoms with Gasteiger partial charge >= 0.3 is 0 Å². The van der Waals surface area contributed by atoms with Crippen LogP contribution in [0.3, 0.4) is 0 Å². The SMILES string of the molecule is O=C(NCC1CCN(Cc2cccs2)CC1)c1c(F)cccc1F. The quantitative estimate of drug-likeness (QED) is 0.892. The molecule has 24 heavy (non-hydrogen) atoms. The molecule has 1 aromatic carbocycles. The second kappa shape index (κ2) is 7.85. The summed E-state index contributed by atoms with van der Waals surface area (Å²) < 4.78 is 27.2. The lowest BCUT2D eigenvalue weighted by Crippen LogP contribution is -2.38. The van der Waals surface area contributed by atoms with E-state index in [2.05, 4.69) is 27.7 Å². The van der Waals surface area contributed by atoms with Gasteiger partial charge in [0, 0.05) is 18.0 Å². The molecule has 6 heteroatoms. The molecule has 0 atom stereocenters. The molecule has 1 saturated heterocycles. The van der Waals surface area contributed by atoms with Crippen LogP contribution in [0.15, 0.2) is 35.7 Å². The Bertz CT molecular complexity index is 662. The molecule has 1 N–H and O–H groups in total. The standard InChI is InChI=1S/C18H20F2N2OS/c19-15-4-1-5-16(20)17(15)18(23)21-11-13-6-8-22(9-7-13)12-14-3-2-10-24-14/h1-5,10,13H,6-9,11-12H2,(H,21,23). The summed E-state index contributed by atoms with van der Waals surface area (Å²) in [5.41, 5.74) is -0.493. The molecule has 1 aliphatic heterocycles. The van der Waals surface area contributed by atoms with Crippen molar-refractivity contribution in [3.8, 4) is 0 Å². The van der Waals surface area contributed by atoms with Crippen molar-refractivity contribution in [2.75, 3.05) is 19.6 Å². The molecule has 3 nitrogen and oxygen atoms in total. The molecule has 3 rings (SSSR count). The third kappa shape index (κ3) is 4.19. The molecular weight excluding hydrogens is 330 g/mol. The van der Waals surface area contributed by atoms with Crippen molar-refractivity contribution in [2.45, 2.75) is 19.4 Å². The van der Waals surface area contributed by atoms with Gasteiger partial charge in [-0.3, -0.25) is 9.69 Å². The van der Waals surface area contributed by atoms with E-state index in [-0.39, 0.29) is 0 Å². The predicted molar refractivity (Wildman–Crippen MR) is 91.0 cm³/mol. The van der Waals surface area contributed by atoms with E-state index in [0.717, 1.165) is 44.6 Å². The molecule has 2 heterocycles. The van der Waals surface area contributed by atoms with E-state index in [1.54, 1.807) is 11.3 Å². The first-order valence-electron chi connectivity index (χ1n) is 8.10. The fourth-order valence-corrected chi connectivity index (χ4v) is 3.76. The van der Waals surface area contributed by atoms with Crippen molar-refractivity contribution >= 4 is 17.2 Å². The smallest absolute Gasteiger partial charge is 0.257 e. The van der Waals surface area contributed by atoms with Gasteiger partial charge in [0.05, 0.1) is 0 Å². The summed E-state index contributed by atoms with van der Waals surface area (Å²) in [5.74, 6) is -1.97. The molecule has 0 saturated carbocycles. The zero-order chi connectivity index (χ0) is 16.9. The fourth-order valence-electron chi connectivity index (χ4n) is 3.01. The molecule has 1 amide bonds. The zero-order valence-electron chi connectivity index (χ0n) is 13.3. The first-order valence-corrected chi connectivity index (χ1v) is 8.98. The number of hydrogen-bond acceptors (Lipinski definition) is 3. The highest BCUT2D eigenvalue weighted by atomic mass is 32.1. The van der Waals surface area contributed by atoms with Crippen LogP contribution >= 0.6 is 11.3 Å². The van der Waals surface area contributed by atoms with Crippen LogP contribution in [0.1, 0.15) is 28.1 Å². The molecule has 0 aliphatic carbocycles. The summed E-state index contributed by atoms with van der Waals surface area (Å²) in [7, 11) is 0. The number of thiophene rings is 1. The van der Waals surface area contributed by atoms with Gasteiger partial charge in [0.25, 0.3) is 5.91 Å². The Morgan fingerprint density at radius 2 is 1.88 bits per heavy atom. The van der Waals surface area contributed by atoms with E-state index in [0.29, 0.717) is 12.5 Å². The van der Waals surface area contributed by atoms with E-state index in [1.807, 2.05) is 0 Å². The summed E-state index contributed by atoms with van der Waals surface area (Å²) in [6, 6.07) is 7.65. The van der Waals surface area contributed by atoms with Gasteiger partial charge in [-0.2, -0.15) is 0 Å². The van der Waals surface area contributed by atoms with Gasteiger partial charge in [-0.15, -0.1) is 11.3 Å². The molecule has 0 unspecified atom stereocenters. The average Bonchev–Trinajstić information content (AvgIpc) is 3.07. The van der Waals surface area contributed by atoms with Crippen LogP contribution in [0.5, 0.6) is 0 Å². The molecule has 128 valence electrons. The van der Waals surface area contributed by atoms with Gasteiger partial charge < -0.3 is 5.32 Å². The maximum Gasteiger partial charge on any atom is 0.257 e. The second-order valence-electron chi connectivity index (χ2n) is 6.11. The predicted octanol–water partition coefficient (Wildman–Crippen LogP) is 3.67. The Balaban J connectivity index is 1.46. The minimum atomic E-state index is -0.821. The number of rotatable bonds is 5. The van der Waals surface area contributed by atoms with Crippen molar-refractivity contribution in [1.82, 2.24) is 10.2 Å². The van der Waals surface area contributed by atoms with Crippen LogP contribution in [0.25, 0.3) is 0 Å². The first kappa shape index (κ1) is 17.0. The molecule has 0 bridgehead atoms. The van der Waals surface area contributed by atoms with Gasteiger partial charge in [0.15, 0.2) is 0 Å². The number of nitrogens with one attached hydrogen (secondary N) is 1. The van der Waals surface area contributed by atoms with Crippen LogP contribution < -0.4 is 5.32 Å². The normalized spacial score (nSPS) is 16.2. The number of amides is 1. The number of nitrogens with zero attached hydrogens (tertiary/aromatic N) is 1. The molecule has 0 spiro atoms. The number of carbonyl (C=O) groups excluding carboxylic acids is 1. The van der Waals surface area contributed by atoms with Crippen LogP contribution in [0, 0.1) is 17.6 Å². The third-order valence-corrected chi connectivity index (χ3v) is 5.27. The summed E-state index contributed by atoms with van der Waals surface area (Å²) in [6.07, 6.45) is 1.96. The maximum atomic E-state index is 13.6. The first-order chi connectivity index (χ1) is 11.6. The number of halogens is 2. The lowest BCUT2D eigenvalue weighted by molar-refractivity contribution is 0.0927. The van der Waals surface area contributed by atoms with Gasteiger partial charge in [0.1, 0.15) is 17.2 Å². The largest absolute Gasteiger partial charge is 0.352 e. The lowest BCUT2D eigenvalue weighted by Gasteiger charge is -2.31. The minimum absolute atomic E-state index is 0.350. The second-order valence-corrected chi connectivity index (χ2v) is 7.14. The van der Waals surface area contributed by atoms with Crippen LogP contribution in [-0.4, -0.2) is 30.4 Å². The topological polar surface area (TPSA) is 32.3 Å². The molecular formula is C18H20F2N2OS. The van der Waals surface area contributed by atoms with E-state index in [9.17, 15) is 13.6 Å². The molecule has 1 aromatic heterocycles. The van der Waals surface area contributed by atoms with E-state index >= 15 is 0 Å². The van der Waals surface area contributed by atoms with Gasteiger partial charge in [0.2, 0.25) is 0 Å². The van der Waals surface area contributed by atoms with E-state index in [4.69, 9.17) is 0 Å². The Labute approximate surface area is 144 Å². The highest BCUT2D eigenvalue weighted by Crippen LogP contribution is 2.20. The molecule has 2 aromatic rings. The summed E-state index contributed by atoms with van der Waals surface area (Å²) in [6.45, 7) is 3.38. The average molecular weight is 350 g/mol. The maximum absolute atomic E-state index is 13.6. The third-order valence-electron chi connectivity index (χ3n) is 4.41. The molecule has 1 fully saturated rings. The number of carbonyl (C=O) groups is 1. The van der Waals surface area contributed by atoms with Crippen LogP contribution in [0.4, 0.5) is 8.78 Å². The molecule has 1 aliphatic rings. The summed E-state index contributed by atoms with van der Waals surface area (Å²) in [4.78, 5) is 15.8. The highest BCUT2D eigenvalue weighted by molar-refractivity contribution is 7.09. The van der Waals surface area contributed by atoms with Crippen LogP contribution in [-0.2, 0) is 6.54 Å². The highest BCUT2D eigenvalue weighted by Gasteiger charge is 2.22. The lowest BCUT2D eigenvalue weighted by atomic mass is 9.96. The van der Waals surface area contributed by atoms with E-state index < -0.39 is 23.1 Å². The molecule has 0 radical (unpaired) electrons. The fraction of sp³-hybridized carbons (Fsp3) is 0.389. The number of piperidine rings is 1. The number of benzene rings is 1. The Morgan fingerprint density at radius 1 is 1.17 bits per heavy atom. The van der Waals surface area contributed by atoms with Gasteiger partial charge in [-0.05, 0) is 55.4 Å². The Kier molecular flexibility index (Phi) is 5.58. The monoisotopic (exact) mass is 350 g/mol. The summed E-state index contributed by atoms with van der Waals surface area (Å²) >= 11 is 1.76. The van der Waals surface area contributed by atoms with Crippen LogP contribution in [0.2, 0.25) is 0 Å². The number of likely N-dealkylation sites (tertiary alicyclic amines) is 1. The Morgan fingerprint density at radius 3 is 2.50 bits per heavy atom.